The second-order valence-corrected chi connectivity index (χ2v) is 5.75. The lowest BCUT2D eigenvalue weighted by Crippen LogP contribution is -2.20. The van der Waals surface area contributed by atoms with Crippen LogP contribution in [0.25, 0.3) is 0 Å². The third-order valence-electron chi connectivity index (χ3n) is 3.14. The molecule has 0 saturated heterocycles. The highest BCUT2D eigenvalue weighted by Crippen LogP contribution is 2.27. The van der Waals surface area contributed by atoms with Gasteiger partial charge < -0.3 is 5.32 Å². The van der Waals surface area contributed by atoms with Crippen molar-refractivity contribution >= 4 is 27.5 Å². The molecule has 0 aliphatic rings. The SMILES string of the molecule is CNC(Cc1cccc(Cl)c1F)c1cc(Br)ccc1F. The van der Waals surface area contributed by atoms with E-state index in [0.717, 1.165) is 4.47 Å². The van der Waals surface area contributed by atoms with Crippen molar-refractivity contribution in [3.05, 3.63) is 68.7 Å². The minimum Gasteiger partial charge on any atom is -0.313 e. The predicted octanol–water partition coefficient (Wildman–Crippen LogP) is 4.88. The molecule has 0 heterocycles. The van der Waals surface area contributed by atoms with Crippen molar-refractivity contribution in [1.82, 2.24) is 5.32 Å². The molecule has 20 heavy (non-hydrogen) atoms. The molecule has 0 amide bonds. The van der Waals surface area contributed by atoms with Gasteiger partial charge in [0.25, 0.3) is 0 Å². The largest absolute Gasteiger partial charge is 0.313 e. The smallest absolute Gasteiger partial charge is 0.145 e. The predicted molar refractivity (Wildman–Crippen MR) is 81.0 cm³/mol. The van der Waals surface area contributed by atoms with Gasteiger partial charge in [0.05, 0.1) is 5.02 Å². The highest BCUT2D eigenvalue weighted by atomic mass is 79.9. The summed E-state index contributed by atoms with van der Waals surface area (Å²) in [4.78, 5) is 0. The van der Waals surface area contributed by atoms with E-state index in [1.807, 2.05) is 0 Å². The average molecular weight is 361 g/mol. The molecule has 2 aromatic rings. The topological polar surface area (TPSA) is 12.0 Å². The fraction of sp³-hybridized carbons (Fsp3) is 0.200. The first-order valence-corrected chi connectivity index (χ1v) is 7.25. The van der Waals surface area contributed by atoms with Crippen LogP contribution in [0.15, 0.2) is 40.9 Å². The summed E-state index contributed by atoms with van der Waals surface area (Å²) in [5.41, 5.74) is 0.942. The first kappa shape index (κ1) is 15.4. The van der Waals surface area contributed by atoms with E-state index >= 15 is 0 Å². The number of halogens is 4. The molecule has 106 valence electrons. The fourth-order valence-electron chi connectivity index (χ4n) is 2.08. The summed E-state index contributed by atoms with van der Waals surface area (Å²) in [6.07, 6.45) is 0.316. The maximum atomic E-state index is 13.9. The zero-order valence-corrected chi connectivity index (χ0v) is 13.1. The van der Waals surface area contributed by atoms with Gasteiger partial charge in [0.1, 0.15) is 11.6 Å². The number of likely N-dealkylation sites (N-methyl/N-ethyl adjacent to an activating group) is 1. The fourth-order valence-corrected chi connectivity index (χ4v) is 2.65. The van der Waals surface area contributed by atoms with Gasteiger partial charge in [-0.05, 0) is 43.3 Å². The van der Waals surface area contributed by atoms with Crippen molar-refractivity contribution < 1.29 is 8.78 Å². The van der Waals surface area contributed by atoms with Gasteiger partial charge in [-0.3, -0.25) is 0 Å². The molecule has 0 aliphatic heterocycles. The average Bonchev–Trinajstić information content (AvgIpc) is 2.43. The Morgan fingerprint density at radius 1 is 1.25 bits per heavy atom. The summed E-state index contributed by atoms with van der Waals surface area (Å²) in [5.74, 6) is -0.778. The van der Waals surface area contributed by atoms with Gasteiger partial charge in [-0.25, -0.2) is 8.78 Å². The summed E-state index contributed by atoms with van der Waals surface area (Å²) in [6.45, 7) is 0. The molecule has 0 radical (unpaired) electrons. The third kappa shape index (κ3) is 3.37. The van der Waals surface area contributed by atoms with Crippen molar-refractivity contribution in [2.75, 3.05) is 7.05 Å². The Kier molecular flexibility index (Phi) is 5.13. The van der Waals surface area contributed by atoms with Crippen LogP contribution >= 0.6 is 27.5 Å². The van der Waals surface area contributed by atoms with E-state index in [1.54, 1.807) is 31.3 Å². The molecule has 1 atom stereocenters. The second kappa shape index (κ2) is 6.66. The summed E-state index contributed by atoms with van der Waals surface area (Å²) < 4.78 is 28.6. The van der Waals surface area contributed by atoms with Crippen molar-refractivity contribution in [3.8, 4) is 0 Å². The van der Waals surface area contributed by atoms with E-state index in [1.165, 1.54) is 12.1 Å². The van der Waals surface area contributed by atoms with Crippen LogP contribution in [-0.4, -0.2) is 7.05 Å². The number of nitrogens with one attached hydrogen (secondary N) is 1. The van der Waals surface area contributed by atoms with Crippen LogP contribution in [0.5, 0.6) is 0 Å². The number of hydrogen-bond donors (Lipinski definition) is 1. The molecule has 0 aliphatic carbocycles. The molecule has 1 nitrogen and oxygen atoms in total. The zero-order chi connectivity index (χ0) is 14.7. The Hall–Kier alpha value is -0.970. The lowest BCUT2D eigenvalue weighted by molar-refractivity contribution is 0.519. The standard InChI is InChI=1S/C15H13BrClF2N/c1-20-14(11-8-10(16)5-6-13(11)18)7-9-3-2-4-12(17)15(9)19/h2-6,8,14,20H,7H2,1H3. The van der Waals surface area contributed by atoms with Gasteiger partial charge >= 0.3 is 0 Å². The van der Waals surface area contributed by atoms with Crippen LogP contribution in [0.4, 0.5) is 8.78 Å². The Labute approximate surface area is 130 Å². The van der Waals surface area contributed by atoms with E-state index in [0.29, 0.717) is 17.5 Å². The molecule has 0 saturated carbocycles. The molecule has 1 unspecified atom stereocenters. The maximum absolute atomic E-state index is 13.9. The Morgan fingerprint density at radius 2 is 2.00 bits per heavy atom. The minimum atomic E-state index is -0.454. The van der Waals surface area contributed by atoms with Crippen LogP contribution in [-0.2, 0) is 6.42 Å². The van der Waals surface area contributed by atoms with Crippen LogP contribution in [0.1, 0.15) is 17.2 Å². The molecule has 0 spiro atoms. The quantitative estimate of drug-likeness (QED) is 0.819. The van der Waals surface area contributed by atoms with Crippen molar-refractivity contribution in [2.45, 2.75) is 12.5 Å². The van der Waals surface area contributed by atoms with Crippen molar-refractivity contribution in [2.24, 2.45) is 0 Å². The van der Waals surface area contributed by atoms with Gasteiger partial charge in [-0.2, -0.15) is 0 Å². The monoisotopic (exact) mass is 359 g/mol. The van der Waals surface area contributed by atoms with Crippen LogP contribution in [0.2, 0.25) is 5.02 Å². The van der Waals surface area contributed by atoms with Crippen LogP contribution in [0.3, 0.4) is 0 Å². The minimum absolute atomic E-state index is 0.0760. The summed E-state index contributed by atoms with van der Waals surface area (Å²) in [5, 5.41) is 3.09. The number of rotatable bonds is 4. The molecular weight excluding hydrogens is 348 g/mol. The Morgan fingerprint density at radius 3 is 2.70 bits per heavy atom. The first-order chi connectivity index (χ1) is 9.52. The number of hydrogen-bond acceptors (Lipinski definition) is 1. The van der Waals surface area contributed by atoms with Crippen molar-refractivity contribution in [1.29, 1.82) is 0 Å². The molecule has 2 rings (SSSR count). The lowest BCUT2D eigenvalue weighted by atomic mass is 9.98. The van der Waals surface area contributed by atoms with Crippen molar-refractivity contribution in [3.63, 3.8) is 0 Å². The Bertz CT molecular complexity index is 619. The van der Waals surface area contributed by atoms with Crippen LogP contribution < -0.4 is 5.32 Å². The highest BCUT2D eigenvalue weighted by molar-refractivity contribution is 9.10. The summed E-state index contributed by atoms with van der Waals surface area (Å²) >= 11 is 9.08. The molecule has 0 bridgehead atoms. The molecule has 1 N–H and O–H groups in total. The van der Waals surface area contributed by atoms with Gasteiger partial charge in [0.15, 0.2) is 0 Å². The lowest BCUT2D eigenvalue weighted by Gasteiger charge is -2.18. The van der Waals surface area contributed by atoms with Gasteiger partial charge in [0, 0.05) is 16.1 Å². The third-order valence-corrected chi connectivity index (χ3v) is 3.92. The van der Waals surface area contributed by atoms with Gasteiger partial charge in [0.2, 0.25) is 0 Å². The first-order valence-electron chi connectivity index (χ1n) is 6.08. The molecule has 2 aromatic carbocycles. The zero-order valence-electron chi connectivity index (χ0n) is 10.8. The molecular formula is C15H13BrClF2N. The Balaban J connectivity index is 2.34. The molecule has 0 fully saturated rings. The van der Waals surface area contributed by atoms with E-state index in [2.05, 4.69) is 21.2 Å². The molecule has 5 heteroatoms. The number of benzene rings is 2. The summed E-state index contributed by atoms with van der Waals surface area (Å²) in [7, 11) is 1.72. The van der Waals surface area contributed by atoms with E-state index in [-0.39, 0.29) is 16.9 Å². The molecule has 0 aromatic heterocycles. The van der Waals surface area contributed by atoms with Gasteiger partial charge in [-0.1, -0.05) is 39.7 Å². The summed E-state index contributed by atoms with van der Waals surface area (Å²) in [6, 6.07) is 9.21. The van der Waals surface area contributed by atoms with E-state index < -0.39 is 5.82 Å². The second-order valence-electron chi connectivity index (χ2n) is 4.42. The maximum Gasteiger partial charge on any atom is 0.145 e. The normalized spacial score (nSPS) is 12.4. The van der Waals surface area contributed by atoms with Crippen LogP contribution in [0, 0.1) is 11.6 Å². The van der Waals surface area contributed by atoms with E-state index in [9.17, 15) is 8.78 Å². The van der Waals surface area contributed by atoms with Gasteiger partial charge in [-0.15, -0.1) is 0 Å². The van der Waals surface area contributed by atoms with E-state index in [4.69, 9.17) is 11.6 Å². The highest BCUT2D eigenvalue weighted by Gasteiger charge is 2.17.